The fourth-order valence-corrected chi connectivity index (χ4v) is 1.82. The molecule has 0 bridgehead atoms. The Labute approximate surface area is 113 Å². The number of hydrogen-bond donors (Lipinski definition) is 2. The Morgan fingerprint density at radius 2 is 2.21 bits per heavy atom. The minimum Gasteiger partial charge on any atom is -0.494 e. The minimum absolute atomic E-state index is 0.0300. The van der Waals surface area contributed by atoms with Crippen molar-refractivity contribution in [3.05, 3.63) is 53.9 Å². The number of nitrogens with one attached hydrogen (secondary N) is 1. The lowest BCUT2D eigenvalue weighted by Gasteiger charge is -2.12. The molecule has 19 heavy (non-hydrogen) atoms. The van der Waals surface area contributed by atoms with E-state index in [4.69, 9.17) is 4.74 Å². The third-order valence-corrected chi connectivity index (χ3v) is 2.75. The van der Waals surface area contributed by atoms with Gasteiger partial charge in [0.15, 0.2) is 0 Å². The summed E-state index contributed by atoms with van der Waals surface area (Å²) in [6, 6.07) is 9.65. The number of rotatable bonds is 6. The summed E-state index contributed by atoms with van der Waals surface area (Å²) in [5.41, 5.74) is 2.86. The van der Waals surface area contributed by atoms with Crippen molar-refractivity contribution < 1.29 is 9.84 Å². The van der Waals surface area contributed by atoms with Crippen LogP contribution in [0.5, 0.6) is 5.75 Å². The molecule has 0 unspecified atom stereocenters. The normalized spacial score (nSPS) is 10.2. The Morgan fingerprint density at radius 3 is 2.89 bits per heavy atom. The molecule has 0 aliphatic carbocycles. The average molecular weight is 258 g/mol. The van der Waals surface area contributed by atoms with E-state index < -0.39 is 0 Å². The number of aromatic nitrogens is 1. The maximum Gasteiger partial charge on any atom is 0.124 e. The molecular weight excluding hydrogens is 240 g/mol. The van der Waals surface area contributed by atoms with Crippen LogP contribution in [0.4, 0.5) is 5.69 Å². The Balaban J connectivity index is 2.05. The van der Waals surface area contributed by atoms with Gasteiger partial charge < -0.3 is 15.2 Å². The molecule has 1 aromatic heterocycles. The molecule has 0 atom stereocenters. The zero-order valence-electron chi connectivity index (χ0n) is 11.0. The summed E-state index contributed by atoms with van der Waals surface area (Å²) in [4.78, 5) is 4.07. The van der Waals surface area contributed by atoms with Crippen LogP contribution in [0.3, 0.4) is 0 Å². The quantitative estimate of drug-likeness (QED) is 0.836. The molecule has 0 fully saturated rings. The summed E-state index contributed by atoms with van der Waals surface area (Å²) >= 11 is 0. The molecule has 2 rings (SSSR count). The molecule has 0 saturated carbocycles. The molecule has 1 aromatic carbocycles. The van der Waals surface area contributed by atoms with E-state index in [1.165, 1.54) is 0 Å². The van der Waals surface area contributed by atoms with Gasteiger partial charge in [-0.05, 0) is 36.8 Å². The van der Waals surface area contributed by atoms with Gasteiger partial charge in [0.05, 0.1) is 13.2 Å². The molecule has 0 aliphatic rings. The Hall–Kier alpha value is -2.07. The molecule has 0 saturated heterocycles. The molecule has 0 spiro atoms. The van der Waals surface area contributed by atoms with Crippen molar-refractivity contribution in [2.45, 2.75) is 20.1 Å². The second kappa shape index (κ2) is 6.75. The molecule has 4 heteroatoms. The predicted octanol–water partition coefficient (Wildman–Crippen LogP) is 2.58. The molecule has 100 valence electrons. The van der Waals surface area contributed by atoms with Gasteiger partial charge in [-0.1, -0.05) is 6.07 Å². The fourth-order valence-electron chi connectivity index (χ4n) is 1.82. The van der Waals surface area contributed by atoms with Crippen LogP contribution in [0.15, 0.2) is 42.7 Å². The third kappa shape index (κ3) is 3.69. The standard InChI is InChI=1S/C15H18N2O2/c1-2-19-15-6-5-14(8-13(15)11-18)17-10-12-4-3-7-16-9-12/h3-9,17-18H,2,10-11H2,1H3. The van der Waals surface area contributed by atoms with Crippen LogP contribution in [0.1, 0.15) is 18.1 Å². The summed E-state index contributed by atoms with van der Waals surface area (Å²) in [7, 11) is 0. The lowest BCUT2D eigenvalue weighted by atomic mass is 10.2. The Morgan fingerprint density at radius 1 is 1.32 bits per heavy atom. The number of ether oxygens (including phenoxy) is 1. The highest BCUT2D eigenvalue weighted by Gasteiger charge is 2.04. The number of benzene rings is 1. The molecule has 4 nitrogen and oxygen atoms in total. The molecule has 0 radical (unpaired) electrons. The fraction of sp³-hybridized carbons (Fsp3) is 0.267. The van der Waals surface area contributed by atoms with Crippen molar-refractivity contribution >= 4 is 5.69 Å². The van der Waals surface area contributed by atoms with E-state index in [0.29, 0.717) is 13.2 Å². The number of hydrogen-bond acceptors (Lipinski definition) is 4. The van der Waals surface area contributed by atoms with Crippen molar-refractivity contribution in [1.29, 1.82) is 0 Å². The van der Waals surface area contributed by atoms with E-state index in [9.17, 15) is 5.11 Å². The van der Waals surface area contributed by atoms with Crippen molar-refractivity contribution in [3.8, 4) is 5.75 Å². The molecule has 0 amide bonds. The van der Waals surface area contributed by atoms with Gasteiger partial charge in [-0.25, -0.2) is 0 Å². The van der Waals surface area contributed by atoms with E-state index in [-0.39, 0.29) is 6.61 Å². The summed E-state index contributed by atoms with van der Waals surface area (Å²) in [5.74, 6) is 0.733. The molecule has 2 aromatic rings. The first-order chi connectivity index (χ1) is 9.33. The van der Waals surface area contributed by atoms with E-state index in [1.807, 2.05) is 43.5 Å². The van der Waals surface area contributed by atoms with E-state index >= 15 is 0 Å². The summed E-state index contributed by atoms with van der Waals surface area (Å²) in [5, 5.41) is 12.6. The van der Waals surface area contributed by atoms with Gasteiger partial charge in [-0.2, -0.15) is 0 Å². The number of anilines is 1. The van der Waals surface area contributed by atoms with Gasteiger partial charge in [0.1, 0.15) is 5.75 Å². The number of aliphatic hydroxyl groups is 1. The van der Waals surface area contributed by atoms with Gasteiger partial charge >= 0.3 is 0 Å². The smallest absolute Gasteiger partial charge is 0.124 e. The maximum atomic E-state index is 9.34. The second-order valence-corrected chi connectivity index (χ2v) is 4.13. The first-order valence-electron chi connectivity index (χ1n) is 6.33. The van der Waals surface area contributed by atoms with Gasteiger partial charge in [0.25, 0.3) is 0 Å². The van der Waals surface area contributed by atoms with E-state index in [1.54, 1.807) is 6.20 Å². The van der Waals surface area contributed by atoms with Crippen LogP contribution < -0.4 is 10.1 Å². The highest BCUT2D eigenvalue weighted by Crippen LogP contribution is 2.23. The molecule has 2 N–H and O–H groups in total. The topological polar surface area (TPSA) is 54.4 Å². The van der Waals surface area contributed by atoms with E-state index in [0.717, 1.165) is 22.6 Å². The van der Waals surface area contributed by atoms with Gasteiger partial charge in [0.2, 0.25) is 0 Å². The first-order valence-corrected chi connectivity index (χ1v) is 6.33. The largest absolute Gasteiger partial charge is 0.494 e. The summed E-state index contributed by atoms with van der Waals surface area (Å²) < 4.78 is 5.45. The van der Waals surface area contributed by atoms with Crippen LogP contribution in [-0.2, 0) is 13.2 Å². The second-order valence-electron chi connectivity index (χ2n) is 4.13. The Bertz CT molecular complexity index is 515. The van der Waals surface area contributed by atoms with Crippen molar-refractivity contribution in [2.75, 3.05) is 11.9 Å². The van der Waals surface area contributed by atoms with Crippen LogP contribution >= 0.6 is 0 Å². The molecule has 1 heterocycles. The zero-order chi connectivity index (χ0) is 13.5. The third-order valence-electron chi connectivity index (χ3n) is 2.75. The highest BCUT2D eigenvalue weighted by atomic mass is 16.5. The van der Waals surface area contributed by atoms with Gasteiger partial charge in [-0.15, -0.1) is 0 Å². The summed E-state index contributed by atoms with van der Waals surface area (Å²) in [6.07, 6.45) is 3.58. The maximum absolute atomic E-state index is 9.34. The van der Waals surface area contributed by atoms with Crippen LogP contribution in [0, 0.1) is 0 Å². The Kier molecular flexibility index (Phi) is 4.75. The van der Waals surface area contributed by atoms with E-state index in [2.05, 4.69) is 10.3 Å². The SMILES string of the molecule is CCOc1ccc(NCc2cccnc2)cc1CO. The van der Waals surface area contributed by atoms with Crippen LogP contribution in [0.25, 0.3) is 0 Å². The average Bonchev–Trinajstić information content (AvgIpc) is 2.47. The number of nitrogens with zero attached hydrogens (tertiary/aromatic N) is 1. The number of aliphatic hydroxyl groups excluding tert-OH is 1. The monoisotopic (exact) mass is 258 g/mol. The van der Waals surface area contributed by atoms with Crippen molar-refractivity contribution in [1.82, 2.24) is 4.98 Å². The highest BCUT2D eigenvalue weighted by molar-refractivity contribution is 5.51. The lowest BCUT2D eigenvalue weighted by molar-refractivity contribution is 0.267. The van der Waals surface area contributed by atoms with Crippen molar-refractivity contribution in [3.63, 3.8) is 0 Å². The van der Waals surface area contributed by atoms with Crippen molar-refractivity contribution in [2.24, 2.45) is 0 Å². The molecular formula is C15H18N2O2. The van der Waals surface area contributed by atoms with Gasteiger partial charge in [0, 0.05) is 30.2 Å². The van der Waals surface area contributed by atoms with Crippen LogP contribution in [0.2, 0.25) is 0 Å². The van der Waals surface area contributed by atoms with Gasteiger partial charge in [-0.3, -0.25) is 4.98 Å². The zero-order valence-corrected chi connectivity index (χ0v) is 11.0. The minimum atomic E-state index is -0.0300. The summed E-state index contributed by atoms with van der Waals surface area (Å²) in [6.45, 7) is 3.19. The first kappa shape index (κ1) is 13.4. The lowest BCUT2D eigenvalue weighted by Crippen LogP contribution is -2.02. The predicted molar refractivity (Wildman–Crippen MR) is 75.1 cm³/mol. The molecule has 0 aliphatic heterocycles. The number of pyridine rings is 1. The van der Waals surface area contributed by atoms with Crippen LogP contribution in [-0.4, -0.2) is 16.7 Å².